The Morgan fingerprint density at radius 3 is 2.13 bits per heavy atom. The van der Waals surface area contributed by atoms with Gasteiger partial charge in [-0.05, 0) is 24.2 Å². The summed E-state index contributed by atoms with van der Waals surface area (Å²) in [7, 11) is 0. The monoisotopic (exact) mass is 322 g/mol. The quantitative estimate of drug-likeness (QED) is 0.729. The summed E-state index contributed by atoms with van der Waals surface area (Å²) < 4.78 is 11.5. The molecule has 5 atom stereocenters. The van der Waals surface area contributed by atoms with Crippen LogP contribution in [-0.2, 0) is 19.1 Å². The fourth-order valence-corrected chi connectivity index (χ4v) is 5.15. The molecule has 2 aliphatic carbocycles. The lowest BCUT2D eigenvalue weighted by Gasteiger charge is -2.63. The van der Waals surface area contributed by atoms with Crippen molar-refractivity contribution in [3.05, 3.63) is 0 Å². The molecule has 0 aromatic rings. The maximum absolute atomic E-state index is 13.2. The van der Waals surface area contributed by atoms with Crippen LogP contribution in [-0.4, -0.2) is 24.1 Å². The summed E-state index contributed by atoms with van der Waals surface area (Å²) in [4.78, 5) is 25.0. The van der Waals surface area contributed by atoms with Gasteiger partial charge in [0.1, 0.15) is 12.2 Å². The number of hydrogen-bond acceptors (Lipinski definition) is 4. The van der Waals surface area contributed by atoms with Gasteiger partial charge in [-0.1, -0.05) is 48.5 Å². The lowest BCUT2D eigenvalue weighted by atomic mass is 9.42. The molecule has 3 aliphatic rings. The van der Waals surface area contributed by atoms with E-state index in [1.807, 2.05) is 6.92 Å². The van der Waals surface area contributed by atoms with Gasteiger partial charge in [-0.15, -0.1) is 0 Å². The summed E-state index contributed by atoms with van der Waals surface area (Å²) in [6, 6.07) is 0. The molecule has 3 fully saturated rings. The van der Waals surface area contributed by atoms with Gasteiger partial charge >= 0.3 is 11.9 Å². The van der Waals surface area contributed by atoms with Crippen molar-refractivity contribution in [1.29, 1.82) is 0 Å². The largest absolute Gasteiger partial charge is 0.458 e. The van der Waals surface area contributed by atoms with E-state index in [2.05, 4.69) is 48.5 Å². The zero-order chi connectivity index (χ0) is 17.6. The normalized spacial score (nSPS) is 39.0. The average molecular weight is 322 g/mol. The minimum absolute atomic E-state index is 0.0385. The van der Waals surface area contributed by atoms with Crippen LogP contribution in [0.25, 0.3) is 0 Å². The van der Waals surface area contributed by atoms with Crippen LogP contribution in [0.5, 0.6) is 0 Å². The van der Waals surface area contributed by atoms with E-state index >= 15 is 0 Å². The molecule has 1 saturated heterocycles. The Kier molecular flexibility index (Phi) is 3.15. The van der Waals surface area contributed by atoms with Crippen LogP contribution in [0.2, 0.25) is 0 Å². The Morgan fingerprint density at radius 2 is 1.65 bits per heavy atom. The predicted molar refractivity (Wildman–Crippen MR) is 86.5 cm³/mol. The molecule has 1 heterocycles. The van der Waals surface area contributed by atoms with Gasteiger partial charge < -0.3 is 9.47 Å². The van der Waals surface area contributed by atoms with E-state index < -0.39 is 5.41 Å². The molecule has 3 rings (SSSR count). The molecule has 0 N–H and O–H groups in total. The van der Waals surface area contributed by atoms with Crippen LogP contribution in [0, 0.1) is 33.5 Å². The number of carbonyl (C=O) groups is 2. The van der Waals surface area contributed by atoms with Gasteiger partial charge in [0, 0.05) is 11.3 Å². The third-order valence-corrected chi connectivity index (χ3v) is 7.35. The first-order valence-corrected chi connectivity index (χ1v) is 8.67. The molecule has 0 aromatic carbocycles. The highest BCUT2D eigenvalue weighted by molar-refractivity contribution is 5.81. The molecule has 0 amide bonds. The van der Waals surface area contributed by atoms with Gasteiger partial charge in [0.05, 0.1) is 11.3 Å². The summed E-state index contributed by atoms with van der Waals surface area (Å²) in [5.41, 5.74) is -1.18. The second kappa shape index (κ2) is 4.31. The molecule has 1 aliphatic heterocycles. The van der Waals surface area contributed by atoms with Crippen molar-refractivity contribution in [2.45, 2.75) is 74.0 Å². The molecule has 0 spiro atoms. The van der Waals surface area contributed by atoms with Gasteiger partial charge in [0.15, 0.2) is 0 Å². The van der Waals surface area contributed by atoms with Crippen LogP contribution >= 0.6 is 0 Å². The van der Waals surface area contributed by atoms with Crippen LogP contribution in [0.4, 0.5) is 0 Å². The average Bonchev–Trinajstić information content (AvgIpc) is 2.55. The van der Waals surface area contributed by atoms with Gasteiger partial charge in [-0.2, -0.15) is 0 Å². The highest BCUT2D eigenvalue weighted by Gasteiger charge is 2.78. The van der Waals surface area contributed by atoms with Crippen molar-refractivity contribution in [2.75, 3.05) is 0 Å². The Hall–Kier alpha value is -1.06. The lowest BCUT2D eigenvalue weighted by Crippen LogP contribution is -2.71. The fraction of sp³-hybridized carbons (Fsp3) is 0.895. The van der Waals surface area contributed by atoms with E-state index in [1.165, 1.54) is 0 Å². The van der Waals surface area contributed by atoms with Gasteiger partial charge in [-0.25, -0.2) is 0 Å². The van der Waals surface area contributed by atoms with Gasteiger partial charge in [0.25, 0.3) is 0 Å². The van der Waals surface area contributed by atoms with Crippen LogP contribution in [0.15, 0.2) is 0 Å². The first kappa shape index (κ1) is 16.8. The molecule has 4 heteroatoms. The fourth-order valence-electron chi connectivity index (χ4n) is 5.15. The van der Waals surface area contributed by atoms with Crippen molar-refractivity contribution < 1.29 is 19.1 Å². The van der Waals surface area contributed by atoms with Crippen LogP contribution < -0.4 is 0 Å². The van der Waals surface area contributed by atoms with E-state index in [0.29, 0.717) is 0 Å². The standard InChI is InChI=1S/C19H30O4/c1-16(2,3)19(8,17(4,5)6)15(21)23-13-12-11-10(14(20)22-12)9-18(11,13)7/h10-13H,9H2,1-8H3. The number of esters is 2. The molecule has 0 radical (unpaired) electrons. The van der Waals surface area contributed by atoms with E-state index in [9.17, 15) is 9.59 Å². The van der Waals surface area contributed by atoms with Crippen molar-refractivity contribution in [1.82, 2.24) is 0 Å². The number of ether oxygens (including phenoxy) is 2. The molecular weight excluding hydrogens is 292 g/mol. The number of carbonyl (C=O) groups excluding carboxylic acids is 2. The summed E-state index contributed by atoms with van der Waals surface area (Å²) in [6.45, 7) is 16.6. The number of hydrogen-bond donors (Lipinski definition) is 0. The lowest BCUT2D eigenvalue weighted by molar-refractivity contribution is -0.263. The molecule has 0 bridgehead atoms. The first-order chi connectivity index (χ1) is 10.2. The van der Waals surface area contributed by atoms with Crippen molar-refractivity contribution in [3.8, 4) is 0 Å². The molecule has 2 saturated carbocycles. The maximum Gasteiger partial charge on any atom is 0.313 e. The molecular formula is C19H30O4. The summed E-state index contributed by atoms with van der Waals surface area (Å²) in [5, 5.41) is 0. The maximum atomic E-state index is 13.2. The van der Waals surface area contributed by atoms with E-state index in [0.717, 1.165) is 6.42 Å². The third-order valence-electron chi connectivity index (χ3n) is 7.35. The van der Waals surface area contributed by atoms with Gasteiger partial charge in [-0.3, -0.25) is 9.59 Å². The first-order valence-electron chi connectivity index (χ1n) is 8.67. The summed E-state index contributed by atoms with van der Waals surface area (Å²) in [6.07, 6.45) is 0.276. The smallest absolute Gasteiger partial charge is 0.313 e. The van der Waals surface area contributed by atoms with Crippen LogP contribution in [0.1, 0.15) is 61.8 Å². The zero-order valence-corrected chi connectivity index (χ0v) is 15.6. The minimum Gasteiger partial charge on any atom is -0.458 e. The second-order valence-corrected chi connectivity index (χ2v) is 10.2. The van der Waals surface area contributed by atoms with E-state index in [-0.39, 0.29) is 52.2 Å². The third kappa shape index (κ3) is 1.84. The Bertz CT molecular complexity index is 551. The Balaban J connectivity index is 1.83. The minimum atomic E-state index is -0.632. The Morgan fingerprint density at radius 1 is 1.13 bits per heavy atom. The van der Waals surface area contributed by atoms with Crippen molar-refractivity contribution in [3.63, 3.8) is 0 Å². The van der Waals surface area contributed by atoms with Crippen molar-refractivity contribution >= 4 is 11.9 Å². The molecule has 130 valence electrons. The molecule has 23 heavy (non-hydrogen) atoms. The highest BCUT2D eigenvalue weighted by Crippen LogP contribution is 2.69. The van der Waals surface area contributed by atoms with Crippen molar-refractivity contribution in [2.24, 2.45) is 33.5 Å². The van der Waals surface area contributed by atoms with E-state index in [1.54, 1.807) is 0 Å². The molecule has 5 unspecified atom stereocenters. The SMILES string of the molecule is CC12CC3C(=O)OC(C1OC(=O)C(C)(C(C)(C)C)C(C)(C)C)C32. The zero-order valence-electron chi connectivity index (χ0n) is 15.6. The molecule has 4 nitrogen and oxygen atoms in total. The number of rotatable bonds is 2. The predicted octanol–water partition coefficient (Wildman–Crippen LogP) is 3.58. The summed E-state index contributed by atoms with van der Waals surface area (Å²) >= 11 is 0. The van der Waals surface area contributed by atoms with Crippen LogP contribution in [0.3, 0.4) is 0 Å². The van der Waals surface area contributed by atoms with Gasteiger partial charge in [0.2, 0.25) is 0 Å². The highest BCUT2D eigenvalue weighted by atomic mass is 16.6. The molecule has 0 aromatic heterocycles. The van der Waals surface area contributed by atoms with E-state index in [4.69, 9.17) is 9.47 Å². The summed E-state index contributed by atoms with van der Waals surface area (Å²) in [5.74, 6) is 0.0129. The Labute approximate surface area is 139 Å². The topological polar surface area (TPSA) is 52.6 Å². The second-order valence-electron chi connectivity index (χ2n) is 10.2.